The summed E-state index contributed by atoms with van der Waals surface area (Å²) >= 11 is 0. The molecular formula is C24H19F3N4O2. The largest absolute Gasteiger partial charge is 0.354 e. The third-order valence-corrected chi connectivity index (χ3v) is 5.53. The van der Waals surface area contributed by atoms with Gasteiger partial charge in [-0.3, -0.25) is 9.59 Å². The molecule has 0 radical (unpaired) electrons. The van der Waals surface area contributed by atoms with E-state index in [4.69, 9.17) is 5.26 Å². The molecule has 3 N–H and O–H groups in total. The fraction of sp³-hybridized carbons (Fsp3) is 0.208. The van der Waals surface area contributed by atoms with Crippen LogP contribution in [0.3, 0.4) is 0 Å². The van der Waals surface area contributed by atoms with Crippen molar-refractivity contribution >= 4 is 11.8 Å². The van der Waals surface area contributed by atoms with Gasteiger partial charge in [-0.15, -0.1) is 0 Å². The number of hydrogen-bond acceptors (Lipinski definition) is 3. The van der Waals surface area contributed by atoms with E-state index in [9.17, 15) is 22.8 Å². The normalized spacial score (nSPS) is 15.2. The van der Waals surface area contributed by atoms with Gasteiger partial charge in [-0.25, -0.2) is 13.2 Å². The molecule has 1 fully saturated rings. The lowest BCUT2D eigenvalue weighted by Gasteiger charge is -2.10. The van der Waals surface area contributed by atoms with Gasteiger partial charge in [-0.2, -0.15) is 5.26 Å². The molecule has 0 spiro atoms. The Bertz CT molecular complexity index is 1260. The molecule has 6 nitrogen and oxygen atoms in total. The Kier molecular flexibility index (Phi) is 6.18. The van der Waals surface area contributed by atoms with Crippen LogP contribution in [0.4, 0.5) is 13.2 Å². The maximum atomic E-state index is 14.8. The van der Waals surface area contributed by atoms with E-state index in [-0.39, 0.29) is 35.9 Å². The Morgan fingerprint density at radius 1 is 1.12 bits per heavy atom. The number of H-pyrrole nitrogens is 1. The first-order valence-corrected chi connectivity index (χ1v) is 10.3. The van der Waals surface area contributed by atoms with Gasteiger partial charge in [0.05, 0.1) is 11.3 Å². The molecule has 0 aliphatic carbocycles. The summed E-state index contributed by atoms with van der Waals surface area (Å²) < 4.78 is 42.4. The van der Waals surface area contributed by atoms with Gasteiger partial charge in [-0.1, -0.05) is 0 Å². The molecule has 0 saturated carbocycles. The monoisotopic (exact) mass is 452 g/mol. The van der Waals surface area contributed by atoms with Gasteiger partial charge < -0.3 is 15.6 Å². The number of halogens is 3. The second kappa shape index (κ2) is 9.20. The highest BCUT2D eigenvalue weighted by Gasteiger charge is 2.26. The molecule has 4 rings (SSSR count). The van der Waals surface area contributed by atoms with E-state index in [1.165, 1.54) is 36.4 Å². The van der Waals surface area contributed by atoms with Crippen LogP contribution in [-0.2, 0) is 16.0 Å². The van der Waals surface area contributed by atoms with Crippen molar-refractivity contribution in [3.05, 3.63) is 71.0 Å². The van der Waals surface area contributed by atoms with E-state index < -0.39 is 29.1 Å². The van der Waals surface area contributed by atoms with E-state index >= 15 is 0 Å². The second-order valence-corrected chi connectivity index (χ2v) is 7.69. The Hall–Kier alpha value is -4.06. The van der Waals surface area contributed by atoms with E-state index in [1.54, 1.807) is 12.1 Å². The Labute approximate surface area is 187 Å². The fourth-order valence-corrected chi connectivity index (χ4v) is 3.80. The van der Waals surface area contributed by atoms with Crippen molar-refractivity contribution in [3.8, 4) is 28.6 Å². The highest BCUT2D eigenvalue weighted by molar-refractivity contribution is 5.89. The van der Waals surface area contributed by atoms with Crippen molar-refractivity contribution in [2.45, 2.75) is 25.3 Å². The molecule has 1 unspecified atom stereocenters. The Morgan fingerprint density at radius 3 is 2.55 bits per heavy atom. The van der Waals surface area contributed by atoms with Crippen molar-refractivity contribution in [3.63, 3.8) is 0 Å². The van der Waals surface area contributed by atoms with Crippen molar-refractivity contribution in [1.29, 1.82) is 5.26 Å². The smallest absolute Gasteiger partial charge is 0.242 e. The van der Waals surface area contributed by atoms with Crippen LogP contribution in [0.1, 0.15) is 24.0 Å². The third kappa shape index (κ3) is 4.60. The molecule has 2 heterocycles. The van der Waals surface area contributed by atoms with Crippen LogP contribution in [-0.4, -0.2) is 29.4 Å². The first-order valence-electron chi connectivity index (χ1n) is 10.3. The zero-order chi connectivity index (χ0) is 23.5. The van der Waals surface area contributed by atoms with Gasteiger partial charge in [-0.05, 0) is 66.4 Å². The number of rotatable bonds is 6. The minimum Gasteiger partial charge on any atom is -0.354 e. The Balaban J connectivity index is 1.65. The van der Waals surface area contributed by atoms with E-state index in [0.717, 1.165) is 0 Å². The Morgan fingerprint density at radius 2 is 1.88 bits per heavy atom. The molecule has 1 aromatic heterocycles. The van der Waals surface area contributed by atoms with Crippen LogP contribution in [0, 0.1) is 28.8 Å². The van der Waals surface area contributed by atoms with E-state index in [1.807, 2.05) is 0 Å². The van der Waals surface area contributed by atoms with Gasteiger partial charge in [0.2, 0.25) is 11.8 Å². The van der Waals surface area contributed by atoms with Crippen LogP contribution >= 0.6 is 0 Å². The molecule has 1 aliphatic rings. The summed E-state index contributed by atoms with van der Waals surface area (Å²) in [6.45, 7) is 0.496. The molecular weight excluding hydrogens is 433 g/mol. The molecule has 2 aromatic carbocycles. The average Bonchev–Trinajstić information content (AvgIpc) is 3.41. The standard InChI is InChI=1S/C24H19F3N4O2/c25-16-5-1-13(2-6-16)19-11-14(4-8-20(32)30-18-9-10-29-24(18)33)23(31-19)17-7-3-15(12-28)21(26)22(17)27/h1-3,5-7,11,18,31H,4,8-10H2,(H,29,33)(H,30,32). The predicted molar refractivity (Wildman–Crippen MR) is 114 cm³/mol. The van der Waals surface area contributed by atoms with Crippen LogP contribution < -0.4 is 10.6 Å². The number of aromatic nitrogens is 1. The summed E-state index contributed by atoms with van der Waals surface area (Å²) in [7, 11) is 0. The molecule has 168 valence electrons. The molecule has 2 amide bonds. The summed E-state index contributed by atoms with van der Waals surface area (Å²) in [5.74, 6) is -3.45. The molecule has 0 bridgehead atoms. The highest BCUT2D eigenvalue weighted by atomic mass is 19.2. The summed E-state index contributed by atoms with van der Waals surface area (Å²) in [6.07, 6.45) is 0.691. The SMILES string of the molecule is N#Cc1ccc(-c2[nH]c(-c3ccc(F)cc3)cc2CCC(=O)NC2CCNC2=O)c(F)c1F. The minimum absolute atomic E-state index is 0.0118. The molecule has 1 aliphatic heterocycles. The van der Waals surface area contributed by atoms with E-state index in [0.29, 0.717) is 29.8 Å². The highest BCUT2D eigenvalue weighted by Crippen LogP contribution is 2.33. The number of amides is 2. The lowest BCUT2D eigenvalue weighted by Crippen LogP contribution is -2.40. The summed E-state index contributed by atoms with van der Waals surface area (Å²) in [5.41, 5.74) is 1.41. The van der Waals surface area contributed by atoms with E-state index in [2.05, 4.69) is 15.6 Å². The number of nitrogens with zero attached hydrogens (tertiary/aromatic N) is 1. The van der Waals surface area contributed by atoms with Crippen LogP contribution in [0.15, 0.2) is 42.5 Å². The summed E-state index contributed by atoms with van der Waals surface area (Å²) in [4.78, 5) is 27.1. The van der Waals surface area contributed by atoms with Gasteiger partial charge in [0, 0.05) is 24.2 Å². The topological polar surface area (TPSA) is 97.8 Å². The number of nitrogens with one attached hydrogen (secondary N) is 3. The number of carbonyl (C=O) groups is 2. The van der Waals surface area contributed by atoms with Gasteiger partial charge in [0.25, 0.3) is 0 Å². The van der Waals surface area contributed by atoms with Gasteiger partial charge in [0.1, 0.15) is 17.9 Å². The average molecular weight is 452 g/mol. The first-order chi connectivity index (χ1) is 15.9. The van der Waals surface area contributed by atoms with Crippen molar-refractivity contribution in [2.75, 3.05) is 6.54 Å². The van der Waals surface area contributed by atoms with Crippen molar-refractivity contribution < 1.29 is 22.8 Å². The van der Waals surface area contributed by atoms with Crippen molar-refractivity contribution in [1.82, 2.24) is 15.6 Å². The molecule has 9 heteroatoms. The van der Waals surface area contributed by atoms with Gasteiger partial charge >= 0.3 is 0 Å². The number of nitriles is 1. The lowest BCUT2D eigenvalue weighted by atomic mass is 10.0. The van der Waals surface area contributed by atoms with Crippen LogP contribution in [0.2, 0.25) is 0 Å². The minimum atomic E-state index is -1.26. The third-order valence-electron chi connectivity index (χ3n) is 5.53. The number of aromatic amines is 1. The van der Waals surface area contributed by atoms with Gasteiger partial charge in [0.15, 0.2) is 11.6 Å². The molecule has 33 heavy (non-hydrogen) atoms. The quantitative estimate of drug-likeness (QED) is 0.533. The maximum absolute atomic E-state index is 14.8. The van der Waals surface area contributed by atoms with Crippen molar-refractivity contribution in [2.24, 2.45) is 0 Å². The molecule has 1 saturated heterocycles. The molecule has 1 atom stereocenters. The fourth-order valence-electron chi connectivity index (χ4n) is 3.80. The second-order valence-electron chi connectivity index (χ2n) is 7.69. The number of aryl methyl sites for hydroxylation is 1. The zero-order valence-electron chi connectivity index (χ0n) is 17.3. The number of hydrogen-bond donors (Lipinski definition) is 3. The number of benzene rings is 2. The van der Waals surface area contributed by atoms with Crippen LogP contribution in [0.25, 0.3) is 22.5 Å². The number of carbonyl (C=O) groups excluding carboxylic acids is 2. The first kappa shape index (κ1) is 22.1. The summed E-state index contributed by atoms with van der Waals surface area (Å²) in [6, 6.07) is 10.8. The maximum Gasteiger partial charge on any atom is 0.242 e. The lowest BCUT2D eigenvalue weighted by molar-refractivity contribution is -0.127. The summed E-state index contributed by atoms with van der Waals surface area (Å²) in [5, 5.41) is 14.3. The predicted octanol–water partition coefficient (Wildman–Crippen LogP) is 3.57. The zero-order valence-corrected chi connectivity index (χ0v) is 17.3. The molecule has 3 aromatic rings. The van der Waals surface area contributed by atoms with Crippen LogP contribution in [0.5, 0.6) is 0 Å².